The molecular weight excluding hydrogens is 665 g/mol. The molecule has 51 heavy (non-hydrogen) atoms. The molecule has 0 unspecified atom stereocenters. The molecule has 4 fully saturated rings. The van der Waals surface area contributed by atoms with Gasteiger partial charge < -0.3 is 39.4 Å². The van der Waals surface area contributed by atoms with Gasteiger partial charge in [0.15, 0.2) is 18.5 Å². The lowest BCUT2D eigenvalue weighted by Crippen LogP contribution is -2.32. The summed E-state index contributed by atoms with van der Waals surface area (Å²) < 4.78 is 62.6. The molecule has 0 aromatic carbocycles. The van der Waals surface area contributed by atoms with E-state index >= 15 is 0 Å². The quantitative estimate of drug-likeness (QED) is 0.208. The van der Waals surface area contributed by atoms with Crippen LogP contribution in [-0.2, 0) is 18.9 Å². The highest BCUT2D eigenvalue weighted by Crippen LogP contribution is 2.34. The first-order valence-electron chi connectivity index (χ1n) is 19.6. The first-order valence-corrected chi connectivity index (χ1v) is 19.6. The van der Waals surface area contributed by atoms with Gasteiger partial charge in [-0.3, -0.25) is 0 Å². The molecule has 306 valence electrons. The third-order valence-corrected chi connectivity index (χ3v) is 10.4. The van der Waals surface area contributed by atoms with Crippen molar-refractivity contribution < 1.29 is 52.5 Å². The van der Waals surface area contributed by atoms with Crippen LogP contribution in [0.1, 0.15) is 117 Å². The smallest absolute Gasteiger partial charge is 0.155 e. The molecule has 4 heterocycles. The maximum absolute atomic E-state index is 13.5. The summed E-state index contributed by atoms with van der Waals surface area (Å²) >= 11 is 0. The second-order valence-corrected chi connectivity index (χ2v) is 17.9. The van der Waals surface area contributed by atoms with Gasteiger partial charge in [-0.15, -0.1) is 0 Å². The molecule has 0 aromatic rings. The summed E-state index contributed by atoms with van der Waals surface area (Å²) in [6.45, 7) is 31.5. The average Bonchev–Trinajstić information content (AvgIpc) is 3.73. The SMILES string of the molecule is CC(C)[C@@H]1C[C@@H](O)[C@H](C(C)C)O1.CC(C)[C@H]1O[C@@H](C(C)C)[C@@H](F)[C@@H]1O.CC(C)[C@H]1O[C@@H](C(C)C)[C@H](F)[C@@H]1O.CC(C)[C@H]1O[C@@H](C(C)C)[C@H](O)[C@H]1F. The average molecular weight is 743 g/mol. The molecule has 0 radical (unpaired) electrons. The van der Waals surface area contributed by atoms with E-state index in [0.717, 1.165) is 6.42 Å². The Balaban J connectivity index is 0.000000340. The number of ether oxygens (including phenoxy) is 4. The Morgan fingerprint density at radius 1 is 0.353 bits per heavy atom. The van der Waals surface area contributed by atoms with E-state index in [1.807, 2.05) is 83.1 Å². The maximum atomic E-state index is 13.5. The number of aliphatic hydroxyl groups is 4. The molecule has 15 atom stereocenters. The third-order valence-electron chi connectivity index (χ3n) is 10.4. The van der Waals surface area contributed by atoms with Crippen LogP contribution in [0.2, 0.25) is 0 Å². The topological polar surface area (TPSA) is 118 Å². The molecule has 4 aliphatic rings. The molecular formula is C40H77F3O8. The number of rotatable bonds is 8. The largest absolute Gasteiger partial charge is 0.390 e. The van der Waals surface area contributed by atoms with E-state index in [1.54, 1.807) is 0 Å². The lowest BCUT2D eigenvalue weighted by atomic mass is 9.97. The van der Waals surface area contributed by atoms with Gasteiger partial charge in [-0.2, -0.15) is 0 Å². The Kier molecular flexibility index (Phi) is 20.5. The minimum atomic E-state index is -1.23. The number of halogens is 3. The van der Waals surface area contributed by atoms with Gasteiger partial charge in [0.05, 0.1) is 54.9 Å². The van der Waals surface area contributed by atoms with Gasteiger partial charge in [-0.1, -0.05) is 111 Å². The van der Waals surface area contributed by atoms with Crippen molar-refractivity contribution in [2.45, 2.75) is 209 Å². The molecule has 0 amide bonds. The molecule has 11 heteroatoms. The fourth-order valence-electron chi connectivity index (χ4n) is 7.12. The minimum Gasteiger partial charge on any atom is -0.390 e. The van der Waals surface area contributed by atoms with E-state index < -0.39 is 55.1 Å². The fraction of sp³-hybridized carbons (Fsp3) is 1.00. The molecule has 4 rings (SSSR count). The van der Waals surface area contributed by atoms with Crippen molar-refractivity contribution in [1.29, 1.82) is 0 Å². The van der Waals surface area contributed by atoms with Crippen LogP contribution in [0.15, 0.2) is 0 Å². The number of hydrogen-bond acceptors (Lipinski definition) is 8. The van der Waals surface area contributed by atoms with Gasteiger partial charge >= 0.3 is 0 Å². The van der Waals surface area contributed by atoms with Gasteiger partial charge in [0.1, 0.15) is 18.3 Å². The van der Waals surface area contributed by atoms with Crippen molar-refractivity contribution in [3.63, 3.8) is 0 Å². The Bertz CT molecular complexity index is 806. The summed E-state index contributed by atoms with van der Waals surface area (Å²) in [4.78, 5) is 0. The van der Waals surface area contributed by atoms with E-state index in [2.05, 4.69) is 27.7 Å². The van der Waals surface area contributed by atoms with Crippen LogP contribution >= 0.6 is 0 Å². The number of aliphatic hydroxyl groups excluding tert-OH is 4. The van der Waals surface area contributed by atoms with Crippen molar-refractivity contribution in [3.05, 3.63) is 0 Å². The van der Waals surface area contributed by atoms with E-state index in [4.69, 9.17) is 18.9 Å². The van der Waals surface area contributed by atoms with Crippen LogP contribution in [0.3, 0.4) is 0 Å². The fourth-order valence-corrected chi connectivity index (χ4v) is 7.12. The summed E-state index contributed by atoms with van der Waals surface area (Å²) in [7, 11) is 0. The van der Waals surface area contributed by atoms with Gasteiger partial charge in [0.25, 0.3) is 0 Å². The van der Waals surface area contributed by atoms with Crippen LogP contribution in [0, 0.1) is 47.3 Å². The zero-order chi connectivity index (χ0) is 39.8. The summed E-state index contributed by atoms with van der Waals surface area (Å²) in [5.41, 5.74) is 0. The Hall–Kier alpha value is -0.530. The third kappa shape index (κ3) is 13.3. The van der Waals surface area contributed by atoms with E-state index in [0.29, 0.717) is 11.8 Å². The van der Waals surface area contributed by atoms with Gasteiger partial charge in [-0.05, 0) is 47.3 Å². The Labute approximate surface area is 308 Å². The van der Waals surface area contributed by atoms with Crippen molar-refractivity contribution in [1.82, 2.24) is 0 Å². The van der Waals surface area contributed by atoms with E-state index in [9.17, 15) is 33.6 Å². The maximum Gasteiger partial charge on any atom is 0.155 e. The standard InChI is InChI=1S/3C10H19FO2.C10H20O2/c3*1-5(2)9-7(11)8(12)10(13-9)6(3)4;1-6(2)9-5-8(11)10(12-9)7(3)4/h3*5-10,12H,1-4H3;6-11H,5H2,1-4H3/t7-,8+,9+,10-;2*7-,8-,9-,10+;8-,9+,10+/m1101/s1. The van der Waals surface area contributed by atoms with Crippen LogP contribution < -0.4 is 0 Å². The van der Waals surface area contributed by atoms with Gasteiger partial charge in [-0.25, -0.2) is 13.2 Å². The monoisotopic (exact) mass is 743 g/mol. The van der Waals surface area contributed by atoms with Crippen molar-refractivity contribution in [2.24, 2.45) is 47.3 Å². The van der Waals surface area contributed by atoms with Crippen LogP contribution in [0.25, 0.3) is 0 Å². The van der Waals surface area contributed by atoms with E-state index in [-0.39, 0.29) is 72.1 Å². The van der Waals surface area contributed by atoms with Gasteiger partial charge in [0.2, 0.25) is 0 Å². The predicted molar refractivity (Wildman–Crippen MR) is 197 cm³/mol. The minimum absolute atomic E-state index is 0.0531. The summed E-state index contributed by atoms with van der Waals surface area (Å²) in [6.07, 6.45) is -8.04. The highest BCUT2D eigenvalue weighted by molar-refractivity contribution is 4.95. The zero-order valence-electron chi connectivity index (χ0n) is 34.5. The highest BCUT2D eigenvalue weighted by Gasteiger charge is 2.48. The first-order chi connectivity index (χ1) is 23.4. The zero-order valence-corrected chi connectivity index (χ0v) is 34.5. The normalized spacial score (nSPS) is 39.7. The molecule has 0 spiro atoms. The molecule has 4 N–H and O–H groups in total. The molecule has 8 nitrogen and oxygen atoms in total. The van der Waals surface area contributed by atoms with E-state index in [1.165, 1.54) is 0 Å². The lowest BCUT2D eigenvalue weighted by Gasteiger charge is -2.19. The van der Waals surface area contributed by atoms with Crippen LogP contribution in [0.4, 0.5) is 13.2 Å². The molecule has 4 saturated heterocycles. The second-order valence-electron chi connectivity index (χ2n) is 17.9. The van der Waals surface area contributed by atoms with Crippen molar-refractivity contribution in [3.8, 4) is 0 Å². The summed E-state index contributed by atoms with van der Waals surface area (Å²) in [5, 5.41) is 38.3. The molecule has 4 aliphatic heterocycles. The highest BCUT2D eigenvalue weighted by atomic mass is 19.1. The Morgan fingerprint density at radius 3 is 0.706 bits per heavy atom. The summed E-state index contributed by atoms with van der Waals surface area (Å²) in [6, 6.07) is 0. The van der Waals surface area contributed by atoms with Crippen molar-refractivity contribution in [2.75, 3.05) is 0 Å². The predicted octanol–water partition coefficient (Wildman–Crippen LogP) is 7.11. The summed E-state index contributed by atoms with van der Waals surface area (Å²) in [5.74, 6) is 1.79. The van der Waals surface area contributed by atoms with Crippen LogP contribution in [-0.4, -0.2) is 112 Å². The molecule has 0 aromatic heterocycles. The second kappa shape index (κ2) is 21.5. The lowest BCUT2D eigenvalue weighted by molar-refractivity contribution is -0.0310. The number of hydrogen-bond donors (Lipinski definition) is 4. The Morgan fingerprint density at radius 2 is 0.588 bits per heavy atom. The van der Waals surface area contributed by atoms with Gasteiger partial charge in [0, 0.05) is 6.42 Å². The van der Waals surface area contributed by atoms with Crippen molar-refractivity contribution >= 4 is 0 Å². The number of alkyl halides is 3. The molecule has 0 saturated carbocycles. The first kappa shape index (κ1) is 48.5. The van der Waals surface area contributed by atoms with Crippen LogP contribution in [0.5, 0.6) is 0 Å². The molecule has 0 bridgehead atoms. The molecule has 0 aliphatic carbocycles.